The van der Waals surface area contributed by atoms with Crippen LogP contribution in [0.15, 0.2) is 67.0 Å². The van der Waals surface area contributed by atoms with E-state index in [2.05, 4.69) is 27.2 Å². The quantitative estimate of drug-likeness (QED) is 0.192. The highest BCUT2D eigenvalue weighted by Gasteiger charge is 2.23. The first kappa shape index (κ1) is 31.6. The van der Waals surface area contributed by atoms with Gasteiger partial charge in [-0.2, -0.15) is 0 Å². The van der Waals surface area contributed by atoms with Gasteiger partial charge in [-0.25, -0.2) is 13.1 Å². The maximum Gasteiger partial charge on any atom is 0.268 e. The van der Waals surface area contributed by atoms with Crippen LogP contribution in [0.4, 0.5) is 0 Å². The van der Waals surface area contributed by atoms with Crippen molar-refractivity contribution < 1.29 is 28.2 Å². The molecule has 0 radical (unpaired) electrons. The van der Waals surface area contributed by atoms with Gasteiger partial charge in [0.2, 0.25) is 10.0 Å². The summed E-state index contributed by atoms with van der Waals surface area (Å²) in [5, 5.41) is 22.5. The van der Waals surface area contributed by atoms with Gasteiger partial charge in [-0.3, -0.25) is 9.78 Å². The van der Waals surface area contributed by atoms with Crippen LogP contribution in [0.1, 0.15) is 72.5 Å². The molecule has 1 saturated carbocycles. The van der Waals surface area contributed by atoms with E-state index in [4.69, 9.17) is 9.84 Å². The first-order valence-corrected chi connectivity index (χ1v) is 16.3. The van der Waals surface area contributed by atoms with Crippen molar-refractivity contribution in [1.29, 1.82) is 0 Å². The average Bonchev–Trinajstić information content (AvgIpc) is 3.00. The minimum Gasteiger partial charge on any atom is -0.490 e. The van der Waals surface area contributed by atoms with Gasteiger partial charge in [-0.05, 0) is 86.4 Å². The molecule has 0 aliphatic heterocycles. The molecule has 0 unspecified atom stereocenters. The molecule has 226 valence electrons. The van der Waals surface area contributed by atoms with Gasteiger partial charge in [0.1, 0.15) is 5.75 Å². The Morgan fingerprint density at radius 2 is 1.79 bits per heavy atom. The fraction of sp³-hybridized carbons (Fsp3) is 0.438. The van der Waals surface area contributed by atoms with E-state index in [-0.39, 0.29) is 30.4 Å². The van der Waals surface area contributed by atoms with Crippen LogP contribution in [-0.4, -0.2) is 61.1 Å². The third-order valence-electron chi connectivity index (χ3n) is 7.43. The van der Waals surface area contributed by atoms with Gasteiger partial charge in [-0.15, -0.1) is 0 Å². The highest BCUT2D eigenvalue weighted by atomic mass is 32.2. The van der Waals surface area contributed by atoms with E-state index in [0.717, 1.165) is 60.8 Å². The largest absolute Gasteiger partial charge is 0.490 e. The summed E-state index contributed by atoms with van der Waals surface area (Å²) < 4.78 is 33.3. The van der Waals surface area contributed by atoms with E-state index in [9.17, 15) is 18.3 Å². The summed E-state index contributed by atoms with van der Waals surface area (Å²) >= 11 is 0. The molecule has 1 fully saturated rings. The number of rotatable bonds is 15. The minimum atomic E-state index is -3.83. The fourth-order valence-corrected chi connectivity index (χ4v) is 6.11. The first-order chi connectivity index (χ1) is 20.3. The summed E-state index contributed by atoms with van der Waals surface area (Å²) in [5.74, 6) is -0.570. The van der Waals surface area contributed by atoms with Crippen molar-refractivity contribution >= 4 is 15.9 Å². The molecule has 3 aromatic rings. The molecule has 2 aromatic carbocycles. The molecule has 1 aromatic heterocycles. The third kappa shape index (κ3) is 9.62. The smallest absolute Gasteiger partial charge is 0.268 e. The summed E-state index contributed by atoms with van der Waals surface area (Å²) in [6.07, 6.45) is 9.20. The molecule has 42 heavy (non-hydrogen) atoms. The number of benzene rings is 2. The zero-order valence-electron chi connectivity index (χ0n) is 23.9. The number of ether oxygens (including phenoxy) is 1. The Labute approximate surface area is 248 Å². The van der Waals surface area contributed by atoms with Crippen LogP contribution in [0, 0.1) is 0 Å². The molecular weight excluding hydrogens is 554 g/mol. The van der Waals surface area contributed by atoms with Gasteiger partial charge in [0.25, 0.3) is 5.91 Å². The van der Waals surface area contributed by atoms with Crippen LogP contribution in [0.2, 0.25) is 0 Å². The van der Waals surface area contributed by atoms with Crippen LogP contribution >= 0.6 is 0 Å². The molecule has 0 spiro atoms. The minimum absolute atomic E-state index is 0.0201. The number of hydrogen-bond acceptors (Lipinski definition) is 8. The average molecular weight is 596 g/mol. The third-order valence-corrected chi connectivity index (χ3v) is 8.75. The Morgan fingerprint density at radius 1 is 1.02 bits per heavy atom. The zero-order chi connectivity index (χ0) is 29.8. The monoisotopic (exact) mass is 595 g/mol. The number of nitrogens with one attached hydrogen (secondary N) is 2. The fourth-order valence-electron chi connectivity index (χ4n) is 5.03. The first-order valence-electron chi connectivity index (χ1n) is 14.7. The van der Waals surface area contributed by atoms with Crippen LogP contribution in [0.3, 0.4) is 0 Å². The molecule has 1 aliphatic carbocycles. The molecule has 1 amide bonds. The van der Waals surface area contributed by atoms with Crippen molar-refractivity contribution in [1.82, 2.24) is 15.0 Å². The Morgan fingerprint density at radius 3 is 2.50 bits per heavy atom. The van der Waals surface area contributed by atoms with Crippen LogP contribution in [0.25, 0.3) is 11.1 Å². The molecule has 0 saturated heterocycles. The van der Waals surface area contributed by atoms with Gasteiger partial charge in [0.05, 0.1) is 23.5 Å². The molecule has 4 N–H and O–H groups in total. The van der Waals surface area contributed by atoms with E-state index in [0.29, 0.717) is 25.3 Å². The van der Waals surface area contributed by atoms with Crippen molar-refractivity contribution in [2.45, 2.75) is 63.6 Å². The van der Waals surface area contributed by atoms with E-state index in [1.54, 1.807) is 30.6 Å². The van der Waals surface area contributed by atoms with Crippen molar-refractivity contribution in [2.24, 2.45) is 0 Å². The lowest BCUT2D eigenvalue weighted by Gasteiger charge is -2.24. The van der Waals surface area contributed by atoms with E-state index >= 15 is 0 Å². The lowest BCUT2D eigenvalue weighted by Crippen LogP contribution is -2.33. The lowest BCUT2D eigenvalue weighted by molar-refractivity contribution is 0.0969. The Kier molecular flexibility index (Phi) is 11.9. The second-order valence-corrected chi connectivity index (χ2v) is 12.6. The number of aromatic nitrogens is 1. The molecular formula is C32H41N3O6S. The van der Waals surface area contributed by atoms with Crippen molar-refractivity contribution in [3.8, 4) is 16.9 Å². The van der Waals surface area contributed by atoms with Crippen molar-refractivity contribution in [3.63, 3.8) is 0 Å². The number of aliphatic hydroxyl groups is 2. The van der Waals surface area contributed by atoms with Gasteiger partial charge >= 0.3 is 0 Å². The number of unbranched alkanes of at least 4 members (excludes halogenated alkanes) is 1. The van der Waals surface area contributed by atoms with E-state index < -0.39 is 22.0 Å². The topological polar surface area (TPSA) is 138 Å². The predicted octanol–water partition coefficient (Wildman–Crippen LogP) is 4.16. The van der Waals surface area contributed by atoms with Crippen molar-refractivity contribution in [2.75, 3.05) is 25.4 Å². The van der Waals surface area contributed by atoms with E-state index in [1.807, 2.05) is 24.3 Å². The summed E-state index contributed by atoms with van der Waals surface area (Å²) in [6, 6.07) is 17.0. The van der Waals surface area contributed by atoms with Gasteiger partial charge in [-0.1, -0.05) is 42.8 Å². The molecule has 1 heterocycles. The van der Waals surface area contributed by atoms with Gasteiger partial charge in [0.15, 0.2) is 0 Å². The number of sulfonamides is 1. The van der Waals surface area contributed by atoms with Gasteiger partial charge < -0.3 is 20.3 Å². The Bertz CT molecular complexity index is 1380. The highest BCUT2D eigenvalue weighted by molar-refractivity contribution is 7.90. The second-order valence-electron chi connectivity index (χ2n) is 10.7. The molecule has 10 heteroatoms. The number of aliphatic hydroxyl groups excluding tert-OH is 2. The Balaban J connectivity index is 1.41. The normalized spacial score (nSPS) is 14.8. The maximum atomic E-state index is 13.1. The Hall–Kier alpha value is -3.31. The summed E-state index contributed by atoms with van der Waals surface area (Å²) in [7, 11) is -3.83. The summed E-state index contributed by atoms with van der Waals surface area (Å²) in [4.78, 5) is 17.1. The zero-order valence-corrected chi connectivity index (χ0v) is 24.7. The number of amides is 1. The molecule has 1 aliphatic rings. The highest BCUT2D eigenvalue weighted by Crippen LogP contribution is 2.31. The van der Waals surface area contributed by atoms with Gasteiger partial charge in [0, 0.05) is 31.1 Å². The number of carbonyl (C=O) groups excluding carboxylic acids is 1. The number of nitrogens with zero attached hydrogens (tertiary/aromatic N) is 1. The molecule has 1 atom stereocenters. The van der Waals surface area contributed by atoms with Crippen LogP contribution in [0.5, 0.6) is 5.75 Å². The van der Waals surface area contributed by atoms with E-state index in [1.165, 1.54) is 0 Å². The van der Waals surface area contributed by atoms with Crippen LogP contribution < -0.4 is 14.8 Å². The standard InChI is InChI=1S/C32H41N3O6S/c36-19-4-5-20-42(39,40)35-32(38)29-15-14-26(21-31(29)41-28-8-2-1-3-9-28)25-12-10-24(11-13-25)16-18-34-23-30(37)27-7-6-17-33-22-27/h6-7,10-15,17,21-22,28,30,34,36-37H,1-5,8-9,16,18-20,23H2,(H,35,38)/t30-/m1/s1. The van der Waals surface area contributed by atoms with Crippen LogP contribution in [-0.2, 0) is 16.4 Å². The van der Waals surface area contributed by atoms with Crippen molar-refractivity contribution in [3.05, 3.63) is 83.7 Å². The molecule has 0 bridgehead atoms. The number of hydrogen-bond donors (Lipinski definition) is 4. The summed E-state index contributed by atoms with van der Waals surface area (Å²) in [5.41, 5.74) is 3.93. The summed E-state index contributed by atoms with van der Waals surface area (Å²) in [6.45, 7) is 1.05. The number of pyridine rings is 1. The number of carbonyl (C=O) groups is 1. The molecule has 4 rings (SSSR count). The SMILES string of the molecule is O=C(NS(=O)(=O)CCCCO)c1ccc(-c2ccc(CCNC[C@@H](O)c3cccnc3)cc2)cc1OC1CCCCC1. The second kappa shape index (κ2) is 15.8. The lowest BCUT2D eigenvalue weighted by atomic mass is 9.97. The predicted molar refractivity (Wildman–Crippen MR) is 163 cm³/mol. The molecule has 9 nitrogen and oxygen atoms in total. The maximum absolute atomic E-state index is 13.1.